The highest BCUT2D eigenvalue weighted by molar-refractivity contribution is 5.61. The molecule has 0 radical (unpaired) electrons. The first kappa shape index (κ1) is 20.1. The Balaban J connectivity index is 1.46. The summed E-state index contributed by atoms with van der Waals surface area (Å²) in [6, 6.07) is 12.6. The van der Waals surface area contributed by atoms with Crippen LogP contribution in [0.2, 0.25) is 0 Å². The predicted molar refractivity (Wildman–Crippen MR) is 123 cm³/mol. The molecule has 4 rings (SSSR count). The quantitative estimate of drug-likeness (QED) is 0.653. The Morgan fingerprint density at radius 1 is 1.00 bits per heavy atom. The molecule has 0 aliphatic carbocycles. The number of rotatable bonds is 6. The minimum atomic E-state index is 0.112. The van der Waals surface area contributed by atoms with Crippen molar-refractivity contribution in [3.8, 4) is 11.3 Å². The SMILES string of the molecule is CNc1cccc(C(C)Nc2cncc(-c3ccc(N4CCN(C)CC4)nc3)n2)c1. The Hall–Kier alpha value is -3.19. The Bertz CT molecular complexity index is 965. The van der Waals surface area contributed by atoms with Gasteiger partial charge in [0, 0.05) is 50.7 Å². The summed E-state index contributed by atoms with van der Waals surface area (Å²) in [4.78, 5) is 18.5. The summed E-state index contributed by atoms with van der Waals surface area (Å²) in [6.45, 7) is 6.27. The van der Waals surface area contributed by atoms with Gasteiger partial charge in [-0.25, -0.2) is 9.97 Å². The van der Waals surface area contributed by atoms with Gasteiger partial charge in [-0.15, -0.1) is 0 Å². The highest BCUT2D eigenvalue weighted by Gasteiger charge is 2.15. The lowest BCUT2D eigenvalue weighted by Crippen LogP contribution is -2.44. The Morgan fingerprint density at radius 3 is 2.57 bits per heavy atom. The number of hydrogen-bond acceptors (Lipinski definition) is 7. The zero-order valence-electron chi connectivity index (χ0n) is 17.8. The molecule has 0 saturated carbocycles. The zero-order chi connectivity index (χ0) is 20.9. The highest BCUT2D eigenvalue weighted by atomic mass is 15.3. The molecule has 1 saturated heterocycles. The van der Waals surface area contributed by atoms with Crippen molar-refractivity contribution in [3.63, 3.8) is 0 Å². The van der Waals surface area contributed by atoms with Crippen LogP contribution in [-0.4, -0.2) is 60.1 Å². The fraction of sp³-hybridized carbons (Fsp3) is 0.348. The molecule has 1 fully saturated rings. The predicted octanol–water partition coefficient (Wildman–Crippen LogP) is 3.51. The first-order valence-corrected chi connectivity index (χ1v) is 10.4. The van der Waals surface area contributed by atoms with Gasteiger partial charge in [-0.05, 0) is 43.8 Å². The number of nitrogens with zero attached hydrogens (tertiary/aromatic N) is 5. The van der Waals surface area contributed by atoms with Gasteiger partial charge in [0.15, 0.2) is 0 Å². The average molecular weight is 404 g/mol. The summed E-state index contributed by atoms with van der Waals surface area (Å²) < 4.78 is 0. The molecule has 1 atom stereocenters. The zero-order valence-corrected chi connectivity index (χ0v) is 17.8. The standard InChI is InChI=1S/C23H29N7/c1-17(18-5-4-6-20(13-18)24-2)27-22-16-25-15-21(28-22)19-7-8-23(26-14-19)30-11-9-29(3)10-12-30/h4-8,13-17,24H,9-12H2,1-3H3,(H,27,28). The smallest absolute Gasteiger partial charge is 0.145 e. The van der Waals surface area contributed by atoms with Crippen LogP contribution in [0.4, 0.5) is 17.3 Å². The molecule has 1 aromatic carbocycles. The van der Waals surface area contributed by atoms with Crippen molar-refractivity contribution in [1.82, 2.24) is 19.9 Å². The van der Waals surface area contributed by atoms with Crippen molar-refractivity contribution in [3.05, 3.63) is 60.6 Å². The van der Waals surface area contributed by atoms with Crippen molar-refractivity contribution in [1.29, 1.82) is 0 Å². The summed E-state index contributed by atoms with van der Waals surface area (Å²) >= 11 is 0. The molecule has 1 unspecified atom stereocenters. The van der Waals surface area contributed by atoms with Crippen LogP contribution >= 0.6 is 0 Å². The average Bonchev–Trinajstić information content (AvgIpc) is 2.80. The number of pyridine rings is 1. The van der Waals surface area contributed by atoms with Gasteiger partial charge in [-0.3, -0.25) is 4.98 Å². The second-order valence-electron chi connectivity index (χ2n) is 7.73. The van der Waals surface area contributed by atoms with Crippen LogP contribution in [0.5, 0.6) is 0 Å². The molecule has 3 aromatic rings. The minimum absolute atomic E-state index is 0.112. The van der Waals surface area contributed by atoms with E-state index in [0.29, 0.717) is 0 Å². The molecule has 0 amide bonds. The fourth-order valence-corrected chi connectivity index (χ4v) is 3.60. The number of aromatic nitrogens is 3. The van der Waals surface area contributed by atoms with Crippen LogP contribution in [0, 0.1) is 0 Å². The van der Waals surface area contributed by atoms with E-state index in [1.807, 2.05) is 13.2 Å². The Morgan fingerprint density at radius 2 is 1.83 bits per heavy atom. The number of nitrogens with one attached hydrogen (secondary N) is 2. The maximum atomic E-state index is 4.75. The monoisotopic (exact) mass is 403 g/mol. The third-order valence-corrected chi connectivity index (χ3v) is 5.55. The Kier molecular flexibility index (Phi) is 6.09. The van der Waals surface area contributed by atoms with E-state index in [-0.39, 0.29) is 6.04 Å². The van der Waals surface area contributed by atoms with Gasteiger partial charge in [0.2, 0.25) is 0 Å². The molecule has 0 bridgehead atoms. The first-order valence-electron chi connectivity index (χ1n) is 10.4. The van der Waals surface area contributed by atoms with E-state index in [1.54, 1.807) is 12.4 Å². The maximum Gasteiger partial charge on any atom is 0.145 e. The van der Waals surface area contributed by atoms with E-state index in [4.69, 9.17) is 4.98 Å². The van der Waals surface area contributed by atoms with Crippen LogP contribution < -0.4 is 15.5 Å². The number of anilines is 3. The minimum Gasteiger partial charge on any atom is -0.388 e. The van der Waals surface area contributed by atoms with Crippen LogP contribution in [-0.2, 0) is 0 Å². The van der Waals surface area contributed by atoms with E-state index >= 15 is 0 Å². The summed E-state index contributed by atoms with van der Waals surface area (Å²) in [5.41, 5.74) is 4.06. The van der Waals surface area contributed by atoms with Crippen LogP contribution in [0.25, 0.3) is 11.3 Å². The Labute approximate surface area is 178 Å². The summed E-state index contributed by atoms with van der Waals surface area (Å²) in [5, 5.41) is 6.63. The van der Waals surface area contributed by atoms with Crippen LogP contribution in [0.3, 0.4) is 0 Å². The third-order valence-electron chi connectivity index (χ3n) is 5.55. The van der Waals surface area contributed by atoms with E-state index in [2.05, 4.69) is 80.8 Å². The molecule has 7 heteroatoms. The number of piperazine rings is 1. The molecular weight excluding hydrogens is 374 g/mol. The molecule has 0 spiro atoms. The third kappa shape index (κ3) is 4.68. The topological polar surface area (TPSA) is 69.2 Å². The van der Waals surface area contributed by atoms with Gasteiger partial charge in [-0.1, -0.05) is 12.1 Å². The fourth-order valence-electron chi connectivity index (χ4n) is 3.60. The first-order chi connectivity index (χ1) is 14.6. The van der Waals surface area contributed by atoms with E-state index in [0.717, 1.165) is 54.8 Å². The molecule has 156 valence electrons. The van der Waals surface area contributed by atoms with Crippen molar-refractivity contribution >= 4 is 17.3 Å². The second kappa shape index (κ2) is 9.09. The van der Waals surface area contributed by atoms with Crippen molar-refractivity contribution in [2.45, 2.75) is 13.0 Å². The van der Waals surface area contributed by atoms with Crippen LogP contribution in [0.1, 0.15) is 18.5 Å². The lowest BCUT2D eigenvalue weighted by atomic mass is 10.1. The highest BCUT2D eigenvalue weighted by Crippen LogP contribution is 2.23. The molecule has 2 N–H and O–H groups in total. The summed E-state index contributed by atoms with van der Waals surface area (Å²) in [5.74, 6) is 1.77. The summed E-state index contributed by atoms with van der Waals surface area (Å²) in [6.07, 6.45) is 5.43. The summed E-state index contributed by atoms with van der Waals surface area (Å²) in [7, 11) is 4.08. The van der Waals surface area contributed by atoms with E-state index in [1.165, 1.54) is 5.56 Å². The molecule has 7 nitrogen and oxygen atoms in total. The largest absolute Gasteiger partial charge is 0.388 e. The number of likely N-dealkylation sites (N-methyl/N-ethyl adjacent to an activating group) is 1. The van der Waals surface area contributed by atoms with Gasteiger partial charge in [-0.2, -0.15) is 0 Å². The molecule has 1 aliphatic rings. The van der Waals surface area contributed by atoms with Crippen molar-refractivity contribution < 1.29 is 0 Å². The van der Waals surface area contributed by atoms with Gasteiger partial charge < -0.3 is 20.4 Å². The van der Waals surface area contributed by atoms with Gasteiger partial charge in [0.25, 0.3) is 0 Å². The second-order valence-corrected chi connectivity index (χ2v) is 7.73. The number of hydrogen-bond donors (Lipinski definition) is 2. The van der Waals surface area contributed by atoms with Gasteiger partial charge in [0.05, 0.1) is 24.1 Å². The molecule has 30 heavy (non-hydrogen) atoms. The molecule has 2 aromatic heterocycles. The van der Waals surface area contributed by atoms with Crippen molar-refractivity contribution in [2.24, 2.45) is 0 Å². The lowest BCUT2D eigenvalue weighted by molar-refractivity contribution is 0.312. The van der Waals surface area contributed by atoms with Gasteiger partial charge in [0.1, 0.15) is 11.6 Å². The number of benzene rings is 1. The normalized spacial score (nSPS) is 15.6. The molecule has 3 heterocycles. The maximum absolute atomic E-state index is 4.75. The van der Waals surface area contributed by atoms with E-state index < -0.39 is 0 Å². The molecule has 1 aliphatic heterocycles. The van der Waals surface area contributed by atoms with Gasteiger partial charge >= 0.3 is 0 Å². The van der Waals surface area contributed by atoms with Crippen molar-refractivity contribution in [2.75, 3.05) is 55.8 Å². The van der Waals surface area contributed by atoms with E-state index in [9.17, 15) is 0 Å². The lowest BCUT2D eigenvalue weighted by Gasteiger charge is -2.33. The van der Waals surface area contributed by atoms with Crippen LogP contribution in [0.15, 0.2) is 55.0 Å². The molecular formula is C23H29N7.